The molecule has 0 N–H and O–H groups in total. The lowest BCUT2D eigenvalue weighted by Crippen LogP contribution is -1.95. The van der Waals surface area contributed by atoms with Crippen molar-refractivity contribution in [2.24, 2.45) is 0 Å². The van der Waals surface area contributed by atoms with E-state index in [-0.39, 0.29) is 11.4 Å². The summed E-state index contributed by atoms with van der Waals surface area (Å²) in [6, 6.07) is 3.20. The van der Waals surface area contributed by atoms with Crippen molar-refractivity contribution in [2.75, 3.05) is 0 Å². The summed E-state index contributed by atoms with van der Waals surface area (Å²) >= 11 is 0. The highest BCUT2D eigenvalue weighted by molar-refractivity contribution is 5.59. The molecule has 0 bridgehead atoms. The Bertz CT molecular complexity index is 487. The van der Waals surface area contributed by atoms with Crippen molar-refractivity contribution in [3.05, 3.63) is 36.4 Å². The Hall–Kier alpha value is -2.22. The predicted octanol–water partition coefficient (Wildman–Crippen LogP) is 1.75. The molecule has 2 aromatic rings. The van der Waals surface area contributed by atoms with Crippen molar-refractivity contribution in [3.8, 4) is 17.3 Å². The molecule has 0 spiro atoms. The fourth-order valence-electron chi connectivity index (χ4n) is 1.05. The maximum Gasteiger partial charge on any atom is 0.185 e. The average molecular weight is 189 g/mol. The minimum absolute atomic E-state index is 0.0744. The van der Waals surface area contributed by atoms with Gasteiger partial charge in [-0.1, -0.05) is 0 Å². The molecular weight excluding hydrogens is 185 g/mol. The Morgan fingerprint density at radius 3 is 2.93 bits per heavy atom. The lowest BCUT2D eigenvalue weighted by Gasteiger charge is -1.97. The topological polar surface area (TPSA) is 62.7 Å². The molecule has 0 aliphatic carbocycles. The third-order valence-corrected chi connectivity index (χ3v) is 1.69. The van der Waals surface area contributed by atoms with Crippen LogP contribution >= 0.6 is 0 Å². The lowest BCUT2D eigenvalue weighted by molar-refractivity contribution is 0.567. The largest absolute Gasteiger partial charge is 0.472 e. The first-order valence-corrected chi connectivity index (χ1v) is 3.76. The van der Waals surface area contributed by atoms with Gasteiger partial charge in [-0.05, 0) is 6.07 Å². The van der Waals surface area contributed by atoms with Gasteiger partial charge in [0.15, 0.2) is 11.5 Å². The zero-order valence-electron chi connectivity index (χ0n) is 6.94. The van der Waals surface area contributed by atoms with Crippen molar-refractivity contribution < 1.29 is 8.81 Å². The van der Waals surface area contributed by atoms with Gasteiger partial charge in [0.1, 0.15) is 18.1 Å². The van der Waals surface area contributed by atoms with Crippen LogP contribution in [0.3, 0.4) is 0 Å². The third kappa shape index (κ3) is 1.23. The molecule has 2 aromatic heterocycles. The molecule has 0 saturated carbocycles. The molecule has 14 heavy (non-hydrogen) atoms. The molecule has 0 aliphatic heterocycles. The number of nitrogens with zero attached hydrogens (tertiary/aromatic N) is 3. The van der Waals surface area contributed by atoms with Gasteiger partial charge >= 0.3 is 0 Å². The second-order valence-corrected chi connectivity index (χ2v) is 2.51. The van der Waals surface area contributed by atoms with E-state index in [0.717, 1.165) is 6.33 Å². The summed E-state index contributed by atoms with van der Waals surface area (Å²) in [5.41, 5.74) is 0.294. The molecule has 0 fully saturated rings. The monoisotopic (exact) mass is 189 g/mol. The van der Waals surface area contributed by atoms with Crippen LogP contribution in [0.1, 0.15) is 5.69 Å². The van der Waals surface area contributed by atoms with Gasteiger partial charge < -0.3 is 4.42 Å². The zero-order valence-corrected chi connectivity index (χ0v) is 6.94. The number of nitriles is 1. The first-order chi connectivity index (χ1) is 6.83. The highest BCUT2D eigenvalue weighted by Gasteiger charge is 2.12. The molecule has 4 nitrogen and oxygen atoms in total. The molecular formula is C9H4FN3O. The van der Waals surface area contributed by atoms with Gasteiger partial charge in [-0.25, -0.2) is 14.4 Å². The van der Waals surface area contributed by atoms with Crippen molar-refractivity contribution in [2.45, 2.75) is 0 Å². The lowest BCUT2D eigenvalue weighted by atomic mass is 10.2. The van der Waals surface area contributed by atoms with E-state index >= 15 is 0 Å². The number of hydrogen-bond donors (Lipinski definition) is 0. The maximum absolute atomic E-state index is 13.4. The van der Waals surface area contributed by atoms with Crippen LogP contribution < -0.4 is 0 Å². The van der Waals surface area contributed by atoms with E-state index in [0.29, 0.717) is 5.56 Å². The summed E-state index contributed by atoms with van der Waals surface area (Å²) in [6.07, 6.45) is 3.90. The van der Waals surface area contributed by atoms with Gasteiger partial charge in [0.05, 0.1) is 12.5 Å². The average Bonchev–Trinajstić information content (AvgIpc) is 2.71. The third-order valence-electron chi connectivity index (χ3n) is 1.69. The predicted molar refractivity (Wildman–Crippen MR) is 44.4 cm³/mol. The van der Waals surface area contributed by atoms with Crippen LogP contribution in [0, 0.1) is 17.1 Å². The maximum atomic E-state index is 13.4. The minimum Gasteiger partial charge on any atom is -0.472 e. The minimum atomic E-state index is -0.726. The van der Waals surface area contributed by atoms with Gasteiger partial charge in [0, 0.05) is 5.56 Å². The van der Waals surface area contributed by atoms with Crippen molar-refractivity contribution in [1.82, 2.24) is 9.97 Å². The number of hydrogen-bond acceptors (Lipinski definition) is 4. The molecule has 0 saturated heterocycles. The first kappa shape index (κ1) is 8.38. The van der Waals surface area contributed by atoms with Gasteiger partial charge in [0.25, 0.3) is 0 Å². The summed E-state index contributed by atoms with van der Waals surface area (Å²) in [5, 5.41) is 8.54. The summed E-state index contributed by atoms with van der Waals surface area (Å²) in [4.78, 5) is 7.22. The molecule has 0 amide bonds. The van der Waals surface area contributed by atoms with E-state index in [4.69, 9.17) is 9.68 Å². The normalized spacial score (nSPS) is 9.71. The van der Waals surface area contributed by atoms with E-state index in [1.165, 1.54) is 12.5 Å². The molecule has 68 valence electrons. The molecule has 5 heteroatoms. The summed E-state index contributed by atoms with van der Waals surface area (Å²) < 4.78 is 18.2. The van der Waals surface area contributed by atoms with Crippen molar-refractivity contribution in [1.29, 1.82) is 5.26 Å². The van der Waals surface area contributed by atoms with Crippen LogP contribution in [0.15, 0.2) is 29.3 Å². The van der Waals surface area contributed by atoms with E-state index in [1.54, 1.807) is 12.1 Å². The quantitative estimate of drug-likeness (QED) is 0.685. The second kappa shape index (κ2) is 3.26. The van der Waals surface area contributed by atoms with E-state index in [1.807, 2.05) is 0 Å². The van der Waals surface area contributed by atoms with E-state index < -0.39 is 5.82 Å². The van der Waals surface area contributed by atoms with Crippen LogP contribution in [0.4, 0.5) is 4.39 Å². The van der Waals surface area contributed by atoms with Gasteiger partial charge in [-0.3, -0.25) is 0 Å². The van der Waals surface area contributed by atoms with Crippen LogP contribution in [-0.4, -0.2) is 9.97 Å². The Morgan fingerprint density at radius 1 is 1.43 bits per heavy atom. The Balaban J connectivity index is 2.61. The van der Waals surface area contributed by atoms with Crippen LogP contribution in [0.25, 0.3) is 11.3 Å². The molecule has 0 unspecified atom stereocenters. The molecule has 0 aromatic carbocycles. The van der Waals surface area contributed by atoms with Crippen LogP contribution in [-0.2, 0) is 0 Å². The van der Waals surface area contributed by atoms with E-state index in [9.17, 15) is 4.39 Å². The standard InChI is InChI=1S/C9H4FN3O/c10-8-7(3-11)12-5-13-9(8)6-1-2-14-4-6/h1-2,4-5H. The molecule has 0 radical (unpaired) electrons. The first-order valence-electron chi connectivity index (χ1n) is 3.76. The van der Waals surface area contributed by atoms with Gasteiger partial charge in [0.2, 0.25) is 0 Å². The Kier molecular flexibility index (Phi) is 1.95. The van der Waals surface area contributed by atoms with E-state index in [2.05, 4.69) is 9.97 Å². The van der Waals surface area contributed by atoms with Gasteiger partial charge in [-0.2, -0.15) is 5.26 Å². The van der Waals surface area contributed by atoms with Crippen LogP contribution in [0.5, 0.6) is 0 Å². The number of rotatable bonds is 1. The molecule has 2 heterocycles. The zero-order chi connectivity index (χ0) is 9.97. The number of halogens is 1. The molecule has 0 atom stereocenters. The molecule has 0 aliphatic rings. The SMILES string of the molecule is N#Cc1ncnc(-c2ccoc2)c1F. The Morgan fingerprint density at radius 2 is 2.29 bits per heavy atom. The fourth-order valence-corrected chi connectivity index (χ4v) is 1.05. The van der Waals surface area contributed by atoms with Crippen molar-refractivity contribution in [3.63, 3.8) is 0 Å². The van der Waals surface area contributed by atoms with Crippen molar-refractivity contribution >= 4 is 0 Å². The second-order valence-electron chi connectivity index (χ2n) is 2.51. The fraction of sp³-hybridized carbons (Fsp3) is 0. The number of furan rings is 1. The highest BCUT2D eigenvalue weighted by Crippen LogP contribution is 2.21. The summed E-state index contributed by atoms with van der Waals surface area (Å²) in [7, 11) is 0. The van der Waals surface area contributed by atoms with Crippen LogP contribution in [0.2, 0.25) is 0 Å². The van der Waals surface area contributed by atoms with Gasteiger partial charge in [-0.15, -0.1) is 0 Å². The Labute approximate surface area is 78.6 Å². The smallest absolute Gasteiger partial charge is 0.185 e. The summed E-state index contributed by atoms with van der Waals surface area (Å²) in [5.74, 6) is -0.726. The molecule has 2 rings (SSSR count). The number of aromatic nitrogens is 2. The highest BCUT2D eigenvalue weighted by atomic mass is 19.1. The summed E-state index contributed by atoms with van der Waals surface area (Å²) in [6.45, 7) is 0.